The van der Waals surface area contributed by atoms with Gasteiger partial charge in [0.05, 0.1) is 17.3 Å². The molecule has 0 fully saturated rings. The summed E-state index contributed by atoms with van der Waals surface area (Å²) in [4.78, 5) is 11.9. The third-order valence-corrected chi connectivity index (χ3v) is 6.45. The van der Waals surface area contributed by atoms with Crippen molar-refractivity contribution in [1.29, 1.82) is 0 Å². The molecular formula is C20H21F4NO4S. The summed E-state index contributed by atoms with van der Waals surface area (Å²) in [5.74, 6) is -6.02. The van der Waals surface area contributed by atoms with Crippen molar-refractivity contribution < 1.29 is 35.9 Å². The van der Waals surface area contributed by atoms with Gasteiger partial charge in [-0.25, -0.2) is 12.8 Å². The molecule has 30 heavy (non-hydrogen) atoms. The van der Waals surface area contributed by atoms with Gasteiger partial charge in [-0.15, -0.1) is 0 Å². The SMILES string of the molecule is Cc1ccc(S(=O)(=O)C[C@@H](CO)[C@@](F)(C(=O)NCc2ccccc2)C(F)(F)F)cc1. The first-order valence-electron chi connectivity index (χ1n) is 8.90. The maximum absolute atomic E-state index is 15.2. The zero-order valence-corrected chi connectivity index (χ0v) is 16.8. The molecule has 0 bridgehead atoms. The number of benzene rings is 2. The van der Waals surface area contributed by atoms with Gasteiger partial charge in [0.2, 0.25) is 0 Å². The molecule has 0 aliphatic carbocycles. The molecule has 164 valence electrons. The van der Waals surface area contributed by atoms with Crippen molar-refractivity contribution >= 4 is 15.7 Å². The first kappa shape index (κ1) is 23.8. The summed E-state index contributed by atoms with van der Waals surface area (Å²) < 4.78 is 81.1. The van der Waals surface area contributed by atoms with Crippen molar-refractivity contribution in [2.75, 3.05) is 12.4 Å². The largest absolute Gasteiger partial charge is 0.432 e. The molecule has 0 aliphatic heterocycles. The molecule has 10 heteroatoms. The fourth-order valence-corrected chi connectivity index (χ4v) is 4.46. The summed E-state index contributed by atoms with van der Waals surface area (Å²) in [6.45, 7) is -0.218. The smallest absolute Gasteiger partial charge is 0.396 e. The monoisotopic (exact) mass is 447 g/mol. The van der Waals surface area contributed by atoms with Crippen LogP contribution in [0.25, 0.3) is 0 Å². The zero-order chi connectivity index (χ0) is 22.6. The van der Waals surface area contributed by atoms with Crippen LogP contribution in [0.15, 0.2) is 59.5 Å². The first-order chi connectivity index (χ1) is 13.9. The summed E-state index contributed by atoms with van der Waals surface area (Å²) in [7, 11) is -4.41. The number of hydrogen-bond acceptors (Lipinski definition) is 4. The van der Waals surface area contributed by atoms with E-state index in [9.17, 15) is 31.5 Å². The highest BCUT2D eigenvalue weighted by Crippen LogP contribution is 2.41. The Morgan fingerprint density at radius 2 is 1.60 bits per heavy atom. The third-order valence-electron chi connectivity index (χ3n) is 4.62. The van der Waals surface area contributed by atoms with Crippen LogP contribution in [-0.4, -0.2) is 43.6 Å². The van der Waals surface area contributed by atoms with Crippen molar-refractivity contribution in [2.24, 2.45) is 5.92 Å². The maximum Gasteiger partial charge on any atom is 0.432 e. The number of carbonyl (C=O) groups excluding carboxylic acids is 1. The maximum atomic E-state index is 15.2. The van der Waals surface area contributed by atoms with E-state index in [4.69, 9.17) is 0 Å². The summed E-state index contributed by atoms with van der Waals surface area (Å²) in [5, 5.41) is 11.3. The zero-order valence-electron chi connectivity index (χ0n) is 16.0. The van der Waals surface area contributed by atoms with Crippen molar-refractivity contribution in [3.63, 3.8) is 0 Å². The van der Waals surface area contributed by atoms with E-state index in [1.165, 1.54) is 36.4 Å². The van der Waals surface area contributed by atoms with Crippen LogP contribution >= 0.6 is 0 Å². The van der Waals surface area contributed by atoms with Gasteiger partial charge in [-0.1, -0.05) is 48.0 Å². The third kappa shape index (κ3) is 5.17. The number of carbonyl (C=O) groups is 1. The molecule has 1 amide bonds. The Bertz CT molecular complexity index is 963. The van der Waals surface area contributed by atoms with Crippen molar-refractivity contribution in [2.45, 2.75) is 30.2 Å². The number of aliphatic hydroxyl groups excluding tert-OH is 1. The van der Waals surface area contributed by atoms with Gasteiger partial charge >= 0.3 is 6.18 Å². The molecule has 0 saturated heterocycles. The molecule has 0 aromatic heterocycles. The lowest BCUT2D eigenvalue weighted by atomic mass is 9.89. The van der Waals surface area contributed by atoms with Crippen LogP contribution in [0.1, 0.15) is 11.1 Å². The van der Waals surface area contributed by atoms with Crippen LogP contribution in [0.4, 0.5) is 17.6 Å². The fraction of sp³-hybridized carbons (Fsp3) is 0.350. The Morgan fingerprint density at radius 1 is 1.03 bits per heavy atom. The average molecular weight is 447 g/mol. The van der Waals surface area contributed by atoms with Crippen LogP contribution in [0, 0.1) is 12.8 Å². The number of sulfone groups is 1. The lowest BCUT2D eigenvalue weighted by Crippen LogP contribution is -2.60. The van der Waals surface area contributed by atoms with Gasteiger partial charge in [0.25, 0.3) is 11.6 Å². The van der Waals surface area contributed by atoms with Crippen LogP contribution in [0.5, 0.6) is 0 Å². The fourth-order valence-electron chi connectivity index (χ4n) is 2.85. The predicted octanol–water partition coefficient (Wildman–Crippen LogP) is 2.96. The van der Waals surface area contributed by atoms with Gasteiger partial charge in [0, 0.05) is 12.5 Å². The van der Waals surface area contributed by atoms with Gasteiger partial charge in [0.1, 0.15) is 0 Å². The Balaban J connectivity index is 2.32. The number of aliphatic hydroxyl groups is 1. The molecule has 0 unspecified atom stereocenters. The van der Waals surface area contributed by atoms with Crippen LogP contribution in [-0.2, 0) is 21.2 Å². The molecule has 5 nitrogen and oxygen atoms in total. The summed E-state index contributed by atoms with van der Waals surface area (Å²) in [5.41, 5.74) is -3.47. The Kier molecular flexibility index (Phi) is 7.25. The molecule has 2 aromatic rings. The highest BCUT2D eigenvalue weighted by molar-refractivity contribution is 7.91. The Labute approximate surface area is 171 Å². The average Bonchev–Trinajstić information content (AvgIpc) is 2.70. The number of aryl methyl sites for hydroxylation is 1. The van der Waals surface area contributed by atoms with Crippen LogP contribution in [0.2, 0.25) is 0 Å². The van der Waals surface area contributed by atoms with Gasteiger partial charge in [0.15, 0.2) is 9.84 Å². The van der Waals surface area contributed by atoms with E-state index >= 15 is 4.39 Å². The van der Waals surface area contributed by atoms with Gasteiger partial charge in [-0.05, 0) is 24.6 Å². The Hall–Kier alpha value is -2.46. The lowest BCUT2D eigenvalue weighted by molar-refractivity contribution is -0.242. The number of rotatable bonds is 8. The quantitative estimate of drug-likeness (QED) is 0.610. The second-order valence-corrected chi connectivity index (χ2v) is 8.89. The van der Waals surface area contributed by atoms with E-state index in [1.54, 1.807) is 25.1 Å². The number of halogens is 4. The van der Waals surface area contributed by atoms with Gasteiger partial charge in [-0.3, -0.25) is 4.79 Å². The minimum atomic E-state index is -5.75. The summed E-state index contributed by atoms with van der Waals surface area (Å²) in [6, 6.07) is 13.0. The van der Waals surface area contributed by atoms with Crippen molar-refractivity contribution in [3.8, 4) is 0 Å². The second kappa shape index (κ2) is 9.13. The molecule has 2 atom stereocenters. The van der Waals surface area contributed by atoms with E-state index in [0.29, 0.717) is 11.1 Å². The summed E-state index contributed by atoms with van der Waals surface area (Å²) in [6.07, 6.45) is -5.75. The van der Waals surface area contributed by atoms with E-state index in [0.717, 1.165) is 0 Å². The van der Waals surface area contributed by atoms with Crippen molar-refractivity contribution in [3.05, 3.63) is 65.7 Å². The number of hydrogen-bond donors (Lipinski definition) is 2. The van der Waals surface area contributed by atoms with E-state index in [2.05, 4.69) is 0 Å². The summed E-state index contributed by atoms with van der Waals surface area (Å²) >= 11 is 0. The standard InChI is InChI=1S/C20H21F4NO4S/c1-14-7-9-17(10-8-14)30(28,29)13-16(12-26)19(21,20(22,23)24)18(27)25-11-15-5-3-2-4-6-15/h2-10,16,26H,11-13H2,1H3,(H,25,27)/t16-,19-/m1/s1. The van der Waals surface area contributed by atoms with Crippen LogP contribution in [0.3, 0.4) is 0 Å². The normalized spacial score (nSPS) is 15.3. The molecule has 0 spiro atoms. The minimum Gasteiger partial charge on any atom is -0.396 e. The predicted molar refractivity (Wildman–Crippen MR) is 102 cm³/mol. The molecule has 0 heterocycles. The van der Waals surface area contributed by atoms with Crippen molar-refractivity contribution in [1.82, 2.24) is 5.32 Å². The van der Waals surface area contributed by atoms with E-state index in [-0.39, 0.29) is 4.90 Å². The highest BCUT2D eigenvalue weighted by atomic mass is 32.2. The van der Waals surface area contributed by atoms with E-state index in [1.807, 2.05) is 5.32 Å². The van der Waals surface area contributed by atoms with E-state index < -0.39 is 52.4 Å². The molecule has 2 rings (SSSR count). The second-order valence-electron chi connectivity index (χ2n) is 6.85. The molecule has 0 radical (unpaired) electrons. The molecule has 2 N–H and O–H groups in total. The van der Waals surface area contributed by atoms with Crippen LogP contribution < -0.4 is 5.32 Å². The molecular weight excluding hydrogens is 426 g/mol. The van der Waals surface area contributed by atoms with Gasteiger partial charge in [-0.2, -0.15) is 13.2 Å². The topological polar surface area (TPSA) is 83.5 Å². The number of nitrogens with one attached hydrogen (secondary N) is 1. The molecule has 0 aliphatic rings. The first-order valence-corrected chi connectivity index (χ1v) is 10.5. The molecule has 0 saturated carbocycles. The molecule has 2 aromatic carbocycles. The van der Waals surface area contributed by atoms with Gasteiger partial charge < -0.3 is 10.4 Å². The lowest BCUT2D eigenvalue weighted by Gasteiger charge is -2.33. The number of alkyl halides is 4. The number of amides is 1. The highest BCUT2D eigenvalue weighted by Gasteiger charge is 2.66. The minimum absolute atomic E-state index is 0.333. The Morgan fingerprint density at radius 3 is 2.10 bits per heavy atom.